The van der Waals surface area contributed by atoms with Gasteiger partial charge >= 0.3 is 0 Å². The third kappa shape index (κ3) is 5.89. The van der Waals surface area contributed by atoms with E-state index in [1.807, 2.05) is 30.3 Å². The molecule has 0 aliphatic rings. The Kier molecular flexibility index (Phi) is 6.63. The first kappa shape index (κ1) is 22.4. The molecular formula is C24H30ClFN4. The molecule has 0 radical (unpaired) electrons. The molecule has 0 saturated heterocycles. The number of hydrogen-bond acceptors (Lipinski definition) is 3. The van der Waals surface area contributed by atoms with Crippen molar-refractivity contribution in [2.45, 2.75) is 59.7 Å². The number of nitrogens with one attached hydrogen (secondary N) is 1. The van der Waals surface area contributed by atoms with Crippen molar-refractivity contribution in [2.75, 3.05) is 0 Å². The molecule has 0 aliphatic carbocycles. The predicted octanol–water partition coefficient (Wildman–Crippen LogP) is 6.09. The Morgan fingerprint density at radius 2 is 1.67 bits per heavy atom. The maximum atomic E-state index is 14.3. The van der Waals surface area contributed by atoms with E-state index in [0.29, 0.717) is 17.1 Å². The van der Waals surface area contributed by atoms with Crippen molar-refractivity contribution in [1.29, 1.82) is 0 Å². The third-order valence-electron chi connectivity index (χ3n) is 4.84. The molecule has 4 nitrogen and oxygen atoms in total. The molecule has 1 heterocycles. The fraction of sp³-hybridized carbons (Fsp3) is 0.417. The summed E-state index contributed by atoms with van der Waals surface area (Å²) in [7, 11) is 0. The van der Waals surface area contributed by atoms with Gasteiger partial charge < -0.3 is 5.32 Å². The fourth-order valence-electron chi connectivity index (χ4n) is 3.93. The highest BCUT2D eigenvalue weighted by Crippen LogP contribution is 2.28. The summed E-state index contributed by atoms with van der Waals surface area (Å²) in [6, 6.07) is 14.6. The second-order valence-electron chi connectivity index (χ2n) is 9.57. The topological polar surface area (TPSA) is 42.7 Å². The summed E-state index contributed by atoms with van der Waals surface area (Å²) < 4.78 is 14.3. The Balaban J connectivity index is 1.90. The molecule has 0 saturated carbocycles. The fourth-order valence-corrected chi connectivity index (χ4v) is 4.15. The van der Waals surface area contributed by atoms with Crippen molar-refractivity contribution in [3.05, 3.63) is 70.6 Å². The van der Waals surface area contributed by atoms with Crippen molar-refractivity contribution in [3.63, 3.8) is 0 Å². The quantitative estimate of drug-likeness (QED) is 0.495. The Bertz CT molecular complexity index is 970. The van der Waals surface area contributed by atoms with E-state index in [9.17, 15) is 4.39 Å². The standard InChI is InChI=1S/C24H30ClFN4/c1-23(2,3)16-24(4,5)27-14-21-22(17-10-7-6-8-11-17)29-30(28-21)15-18-19(25)12-9-13-20(18)26/h6-13,27H,14-16H2,1-5H3. The Morgan fingerprint density at radius 3 is 2.30 bits per heavy atom. The molecule has 0 unspecified atom stereocenters. The van der Waals surface area contributed by atoms with Gasteiger partial charge in [-0.3, -0.25) is 0 Å². The van der Waals surface area contributed by atoms with Gasteiger partial charge in [-0.05, 0) is 37.8 Å². The van der Waals surface area contributed by atoms with Gasteiger partial charge in [-0.2, -0.15) is 15.0 Å². The minimum absolute atomic E-state index is 0.0646. The van der Waals surface area contributed by atoms with Crippen molar-refractivity contribution < 1.29 is 4.39 Å². The largest absolute Gasteiger partial charge is 0.306 e. The van der Waals surface area contributed by atoms with Crippen LogP contribution in [0.25, 0.3) is 11.3 Å². The van der Waals surface area contributed by atoms with Gasteiger partial charge in [0.05, 0.1) is 6.54 Å². The Morgan fingerprint density at radius 1 is 0.967 bits per heavy atom. The first-order valence-corrected chi connectivity index (χ1v) is 10.6. The van der Waals surface area contributed by atoms with E-state index in [2.05, 4.69) is 50.1 Å². The van der Waals surface area contributed by atoms with Crippen LogP contribution in [0.4, 0.5) is 4.39 Å². The molecule has 0 atom stereocenters. The van der Waals surface area contributed by atoms with E-state index >= 15 is 0 Å². The van der Waals surface area contributed by atoms with Gasteiger partial charge in [-0.15, -0.1) is 0 Å². The first-order valence-electron chi connectivity index (χ1n) is 10.2. The molecular weight excluding hydrogens is 399 g/mol. The van der Waals surface area contributed by atoms with Crippen LogP contribution in [0.3, 0.4) is 0 Å². The summed E-state index contributed by atoms with van der Waals surface area (Å²) in [6.45, 7) is 11.9. The summed E-state index contributed by atoms with van der Waals surface area (Å²) in [6.07, 6.45) is 1.01. The first-order chi connectivity index (χ1) is 14.0. The molecule has 0 aliphatic heterocycles. The van der Waals surface area contributed by atoms with E-state index in [0.717, 1.165) is 23.4 Å². The lowest BCUT2D eigenvalue weighted by molar-refractivity contribution is 0.240. The highest BCUT2D eigenvalue weighted by atomic mass is 35.5. The maximum Gasteiger partial charge on any atom is 0.129 e. The average Bonchev–Trinajstić information content (AvgIpc) is 3.05. The zero-order valence-electron chi connectivity index (χ0n) is 18.3. The number of hydrogen-bond donors (Lipinski definition) is 1. The summed E-state index contributed by atoms with van der Waals surface area (Å²) in [5.74, 6) is -0.355. The summed E-state index contributed by atoms with van der Waals surface area (Å²) in [5, 5.41) is 13.4. The molecule has 30 heavy (non-hydrogen) atoms. The van der Waals surface area contributed by atoms with Crippen LogP contribution in [-0.4, -0.2) is 20.5 Å². The van der Waals surface area contributed by atoms with Crippen LogP contribution < -0.4 is 5.32 Å². The van der Waals surface area contributed by atoms with Gasteiger partial charge in [0.15, 0.2) is 0 Å². The highest BCUT2D eigenvalue weighted by molar-refractivity contribution is 6.31. The molecule has 0 amide bonds. The van der Waals surface area contributed by atoms with Crippen LogP contribution in [0.2, 0.25) is 5.02 Å². The minimum Gasteiger partial charge on any atom is -0.306 e. The van der Waals surface area contributed by atoms with Gasteiger partial charge in [-0.25, -0.2) is 4.39 Å². The zero-order valence-corrected chi connectivity index (χ0v) is 19.1. The number of rotatable bonds is 7. The van der Waals surface area contributed by atoms with Crippen LogP contribution >= 0.6 is 11.6 Å². The van der Waals surface area contributed by atoms with Crippen molar-refractivity contribution >= 4 is 11.6 Å². The van der Waals surface area contributed by atoms with E-state index in [4.69, 9.17) is 11.6 Å². The Labute approximate surface area is 183 Å². The van der Waals surface area contributed by atoms with Crippen LogP contribution in [-0.2, 0) is 13.1 Å². The third-order valence-corrected chi connectivity index (χ3v) is 5.19. The normalized spacial score (nSPS) is 12.4. The number of halogens is 2. The second kappa shape index (κ2) is 8.86. The lowest BCUT2D eigenvalue weighted by Gasteiger charge is -2.33. The molecule has 0 bridgehead atoms. The number of nitrogens with zero attached hydrogens (tertiary/aromatic N) is 3. The molecule has 1 aromatic heterocycles. The van der Waals surface area contributed by atoms with Crippen molar-refractivity contribution in [1.82, 2.24) is 20.3 Å². The van der Waals surface area contributed by atoms with Gasteiger partial charge in [-0.1, -0.05) is 68.8 Å². The lowest BCUT2D eigenvalue weighted by atomic mass is 9.82. The second-order valence-corrected chi connectivity index (χ2v) is 9.97. The van der Waals surface area contributed by atoms with E-state index < -0.39 is 0 Å². The average molecular weight is 429 g/mol. The Hall–Kier alpha value is -2.24. The van der Waals surface area contributed by atoms with Crippen molar-refractivity contribution in [3.8, 4) is 11.3 Å². The molecule has 3 rings (SSSR count). The molecule has 3 aromatic rings. The van der Waals surface area contributed by atoms with Gasteiger partial charge in [0.25, 0.3) is 0 Å². The molecule has 2 aromatic carbocycles. The maximum absolute atomic E-state index is 14.3. The lowest BCUT2D eigenvalue weighted by Crippen LogP contribution is -2.42. The van der Waals surface area contributed by atoms with Gasteiger partial charge in [0.2, 0.25) is 0 Å². The van der Waals surface area contributed by atoms with E-state index in [-0.39, 0.29) is 23.3 Å². The number of aromatic nitrogens is 3. The molecule has 1 N–H and O–H groups in total. The molecule has 6 heteroatoms. The van der Waals surface area contributed by atoms with Crippen LogP contribution in [0.15, 0.2) is 48.5 Å². The summed E-state index contributed by atoms with van der Waals surface area (Å²) >= 11 is 6.20. The predicted molar refractivity (Wildman–Crippen MR) is 121 cm³/mol. The zero-order chi connectivity index (χ0) is 21.9. The number of benzene rings is 2. The van der Waals surface area contributed by atoms with E-state index in [1.165, 1.54) is 10.9 Å². The molecule has 0 fully saturated rings. The van der Waals surface area contributed by atoms with Gasteiger partial charge in [0.1, 0.15) is 17.2 Å². The van der Waals surface area contributed by atoms with Crippen molar-refractivity contribution in [2.24, 2.45) is 5.41 Å². The van der Waals surface area contributed by atoms with Crippen LogP contribution in [0.5, 0.6) is 0 Å². The molecule has 0 spiro atoms. The summed E-state index contributed by atoms with van der Waals surface area (Å²) in [5.41, 5.74) is 3.14. The van der Waals surface area contributed by atoms with Gasteiger partial charge in [0, 0.05) is 28.2 Å². The molecule has 160 valence electrons. The van der Waals surface area contributed by atoms with Crippen LogP contribution in [0, 0.1) is 11.2 Å². The van der Waals surface area contributed by atoms with E-state index in [1.54, 1.807) is 12.1 Å². The van der Waals surface area contributed by atoms with Crippen LogP contribution in [0.1, 0.15) is 52.3 Å². The SMILES string of the molecule is CC(C)(C)CC(C)(C)NCc1nn(Cc2c(F)cccc2Cl)nc1-c1ccccc1. The monoisotopic (exact) mass is 428 g/mol. The summed E-state index contributed by atoms with van der Waals surface area (Å²) in [4.78, 5) is 1.53. The smallest absolute Gasteiger partial charge is 0.129 e. The minimum atomic E-state index is -0.355. The highest BCUT2D eigenvalue weighted by Gasteiger charge is 2.26.